The third-order valence-electron chi connectivity index (χ3n) is 4.28. The van der Waals surface area contributed by atoms with Gasteiger partial charge in [-0.2, -0.15) is 13.2 Å². The molecule has 2 rings (SSSR count). The zero-order valence-electron chi connectivity index (χ0n) is 13.8. The number of hydrogen-bond acceptors (Lipinski definition) is 3. The Bertz CT molecular complexity index is 634. The Labute approximate surface area is 143 Å². The van der Waals surface area contributed by atoms with Gasteiger partial charge in [-0.05, 0) is 24.8 Å². The summed E-state index contributed by atoms with van der Waals surface area (Å²) in [5.41, 5.74) is 0.677. The Hall–Kier alpha value is -2.32. The van der Waals surface area contributed by atoms with E-state index in [0.29, 0.717) is 24.4 Å². The van der Waals surface area contributed by atoms with E-state index < -0.39 is 17.0 Å². The molecule has 25 heavy (non-hydrogen) atoms. The molecule has 1 aliphatic rings. The molecule has 0 bridgehead atoms. The van der Waals surface area contributed by atoms with Crippen LogP contribution in [-0.2, 0) is 6.54 Å². The summed E-state index contributed by atoms with van der Waals surface area (Å²) in [4.78, 5) is 14.3. The number of halogens is 3. The number of benzene rings is 1. The van der Waals surface area contributed by atoms with Crippen LogP contribution in [-0.4, -0.2) is 30.1 Å². The fourth-order valence-corrected chi connectivity index (χ4v) is 2.97. The van der Waals surface area contributed by atoms with Gasteiger partial charge in [0.2, 0.25) is 0 Å². The van der Waals surface area contributed by atoms with Crippen LogP contribution in [0.4, 0.5) is 18.9 Å². The average Bonchev–Trinajstić information content (AvgIpc) is 2.58. The second-order valence-electron chi connectivity index (χ2n) is 6.10. The number of aliphatic imine (C=N–C) groups is 1. The SMILES string of the molecule is CN=C(NCc1cccc([N+](=O)[O-])c1)NC1CCCC(C(F)(F)F)C1. The zero-order valence-corrected chi connectivity index (χ0v) is 13.8. The molecule has 2 unspecified atom stereocenters. The average molecular weight is 358 g/mol. The zero-order chi connectivity index (χ0) is 18.4. The first-order valence-corrected chi connectivity index (χ1v) is 8.07. The fourth-order valence-electron chi connectivity index (χ4n) is 2.97. The van der Waals surface area contributed by atoms with Gasteiger partial charge in [-0.3, -0.25) is 15.1 Å². The molecule has 0 spiro atoms. The Balaban J connectivity index is 1.90. The minimum absolute atomic E-state index is 0.0115. The van der Waals surface area contributed by atoms with Crippen LogP contribution in [0.3, 0.4) is 0 Å². The molecule has 1 aromatic carbocycles. The molecular weight excluding hydrogens is 337 g/mol. The summed E-state index contributed by atoms with van der Waals surface area (Å²) >= 11 is 0. The number of guanidine groups is 1. The number of non-ortho nitro benzene ring substituents is 1. The number of alkyl halides is 3. The van der Waals surface area contributed by atoms with Gasteiger partial charge in [0.05, 0.1) is 10.8 Å². The fraction of sp³-hybridized carbons (Fsp3) is 0.562. The molecule has 2 atom stereocenters. The smallest absolute Gasteiger partial charge is 0.354 e. The van der Waals surface area contributed by atoms with E-state index in [1.165, 1.54) is 19.2 Å². The van der Waals surface area contributed by atoms with Gasteiger partial charge in [0.25, 0.3) is 5.69 Å². The van der Waals surface area contributed by atoms with Crippen LogP contribution < -0.4 is 10.6 Å². The van der Waals surface area contributed by atoms with Crippen molar-refractivity contribution in [2.24, 2.45) is 10.9 Å². The highest BCUT2D eigenvalue weighted by atomic mass is 19.4. The first-order valence-electron chi connectivity index (χ1n) is 8.07. The van der Waals surface area contributed by atoms with E-state index in [-0.39, 0.29) is 31.1 Å². The predicted octanol–water partition coefficient (Wildman–Crippen LogP) is 3.38. The van der Waals surface area contributed by atoms with E-state index in [0.717, 1.165) is 0 Å². The van der Waals surface area contributed by atoms with Gasteiger partial charge in [0.15, 0.2) is 5.96 Å². The molecule has 0 aliphatic heterocycles. The number of nitrogens with one attached hydrogen (secondary N) is 2. The van der Waals surface area contributed by atoms with Crippen LogP contribution in [0.2, 0.25) is 0 Å². The van der Waals surface area contributed by atoms with Crippen LogP contribution in [0, 0.1) is 16.0 Å². The highest BCUT2D eigenvalue weighted by Crippen LogP contribution is 2.37. The number of nitro groups is 1. The lowest BCUT2D eigenvalue weighted by Gasteiger charge is -2.31. The largest absolute Gasteiger partial charge is 0.391 e. The minimum Gasteiger partial charge on any atom is -0.354 e. The maximum Gasteiger partial charge on any atom is 0.391 e. The first-order chi connectivity index (χ1) is 11.8. The first kappa shape index (κ1) is 19.0. The molecule has 0 saturated heterocycles. The monoisotopic (exact) mass is 358 g/mol. The maximum absolute atomic E-state index is 12.9. The van der Waals surface area contributed by atoms with Gasteiger partial charge in [0, 0.05) is 31.8 Å². The summed E-state index contributed by atoms with van der Waals surface area (Å²) in [7, 11) is 1.53. The number of nitrogens with zero attached hydrogens (tertiary/aromatic N) is 2. The van der Waals surface area contributed by atoms with Crippen molar-refractivity contribution < 1.29 is 18.1 Å². The summed E-state index contributed by atoms with van der Waals surface area (Å²) in [6, 6.07) is 5.86. The molecule has 0 radical (unpaired) electrons. The molecule has 6 nitrogen and oxygen atoms in total. The van der Waals surface area contributed by atoms with Crippen molar-refractivity contribution in [3.05, 3.63) is 39.9 Å². The summed E-state index contributed by atoms with van der Waals surface area (Å²) in [5.74, 6) is -0.895. The molecule has 2 N–H and O–H groups in total. The van der Waals surface area contributed by atoms with Crippen molar-refractivity contribution in [2.75, 3.05) is 7.05 Å². The molecule has 138 valence electrons. The predicted molar refractivity (Wildman–Crippen MR) is 88.2 cm³/mol. The quantitative estimate of drug-likeness (QED) is 0.374. The molecule has 9 heteroatoms. The lowest BCUT2D eigenvalue weighted by Crippen LogP contribution is -2.46. The molecule has 0 aromatic heterocycles. The van der Waals surface area contributed by atoms with Crippen LogP contribution in [0.15, 0.2) is 29.3 Å². The van der Waals surface area contributed by atoms with Crippen LogP contribution in [0.25, 0.3) is 0 Å². The van der Waals surface area contributed by atoms with E-state index in [2.05, 4.69) is 15.6 Å². The second-order valence-corrected chi connectivity index (χ2v) is 6.10. The van der Waals surface area contributed by atoms with Gasteiger partial charge in [-0.1, -0.05) is 18.6 Å². The van der Waals surface area contributed by atoms with Crippen molar-refractivity contribution in [3.8, 4) is 0 Å². The van der Waals surface area contributed by atoms with E-state index in [4.69, 9.17) is 0 Å². The second kappa shape index (κ2) is 8.17. The Kier molecular flexibility index (Phi) is 6.22. The van der Waals surface area contributed by atoms with Crippen LogP contribution >= 0.6 is 0 Å². The Morgan fingerprint density at radius 3 is 2.80 bits per heavy atom. The van der Waals surface area contributed by atoms with E-state index in [1.54, 1.807) is 12.1 Å². The van der Waals surface area contributed by atoms with Crippen molar-refractivity contribution >= 4 is 11.6 Å². The molecule has 1 saturated carbocycles. The number of nitro benzene ring substituents is 1. The molecule has 0 amide bonds. The lowest BCUT2D eigenvalue weighted by atomic mass is 9.85. The summed E-state index contributed by atoms with van der Waals surface area (Å²) < 4.78 is 38.6. The normalized spacial score (nSPS) is 21.7. The Morgan fingerprint density at radius 2 is 2.16 bits per heavy atom. The van der Waals surface area contributed by atoms with Gasteiger partial charge < -0.3 is 10.6 Å². The van der Waals surface area contributed by atoms with Gasteiger partial charge in [0.1, 0.15) is 0 Å². The highest BCUT2D eigenvalue weighted by molar-refractivity contribution is 5.80. The summed E-state index contributed by atoms with van der Waals surface area (Å²) in [6.45, 7) is 0.288. The molecule has 0 heterocycles. The Morgan fingerprint density at radius 1 is 1.40 bits per heavy atom. The van der Waals surface area contributed by atoms with E-state index in [9.17, 15) is 23.3 Å². The third kappa shape index (κ3) is 5.61. The van der Waals surface area contributed by atoms with Crippen LogP contribution in [0.5, 0.6) is 0 Å². The van der Waals surface area contributed by atoms with Crippen molar-refractivity contribution in [3.63, 3.8) is 0 Å². The maximum atomic E-state index is 12.9. The topological polar surface area (TPSA) is 79.6 Å². The van der Waals surface area contributed by atoms with Crippen molar-refractivity contribution in [2.45, 2.75) is 44.4 Å². The third-order valence-corrected chi connectivity index (χ3v) is 4.28. The standard InChI is InChI=1S/C16H21F3N4O2/c1-20-15(21-10-11-4-2-7-14(8-11)23(24)25)22-13-6-3-5-12(9-13)16(17,18)19/h2,4,7-8,12-13H,3,5-6,9-10H2,1H3,(H2,20,21,22). The molecule has 1 fully saturated rings. The summed E-state index contributed by atoms with van der Waals surface area (Å²) in [5, 5.41) is 16.8. The van der Waals surface area contributed by atoms with Crippen molar-refractivity contribution in [1.82, 2.24) is 10.6 Å². The lowest BCUT2D eigenvalue weighted by molar-refractivity contribution is -0.384. The van der Waals surface area contributed by atoms with Gasteiger partial charge >= 0.3 is 6.18 Å². The highest BCUT2D eigenvalue weighted by Gasteiger charge is 2.42. The molecular formula is C16H21F3N4O2. The molecule has 1 aliphatic carbocycles. The number of rotatable bonds is 4. The van der Waals surface area contributed by atoms with E-state index >= 15 is 0 Å². The van der Waals surface area contributed by atoms with Crippen molar-refractivity contribution in [1.29, 1.82) is 0 Å². The van der Waals surface area contributed by atoms with Gasteiger partial charge in [-0.15, -0.1) is 0 Å². The molecule has 1 aromatic rings. The summed E-state index contributed by atoms with van der Waals surface area (Å²) in [6.07, 6.45) is -2.80. The van der Waals surface area contributed by atoms with Crippen LogP contribution in [0.1, 0.15) is 31.2 Å². The van der Waals surface area contributed by atoms with E-state index in [1.807, 2.05) is 0 Å². The van der Waals surface area contributed by atoms with Gasteiger partial charge in [-0.25, -0.2) is 0 Å². The number of hydrogen-bond donors (Lipinski definition) is 2. The minimum atomic E-state index is -4.17.